The number of nitrogens with one attached hydrogen (secondary N) is 2. The lowest BCUT2D eigenvalue weighted by Gasteiger charge is -2.24. The molecule has 0 aliphatic carbocycles. The molecule has 1 unspecified atom stereocenters. The van der Waals surface area contributed by atoms with Gasteiger partial charge in [0, 0.05) is 11.8 Å². The maximum absolute atomic E-state index is 11.6. The Labute approximate surface area is 88.6 Å². The summed E-state index contributed by atoms with van der Waals surface area (Å²) >= 11 is 0. The van der Waals surface area contributed by atoms with Crippen LogP contribution in [0.25, 0.3) is 0 Å². The number of likely N-dealkylation sites (N-methyl/N-ethyl adjacent to an activating group) is 1. The summed E-state index contributed by atoms with van der Waals surface area (Å²) in [6, 6.07) is 5.60. The first-order chi connectivity index (χ1) is 7.24. The molecule has 0 saturated carbocycles. The van der Waals surface area contributed by atoms with E-state index < -0.39 is 0 Å². The molecule has 2 N–H and O–H groups in total. The molecule has 0 radical (unpaired) electrons. The van der Waals surface area contributed by atoms with Crippen molar-refractivity contribution in [3.05, 3.63) is 23.8 Å². The molecule has 0 saturated heterocycles. The molecule has 1 heterocycles. The van der Waals surface area contributed by atoms with Crippen molar-refractivity contribution < 1.29 is 9.53 Å². The zero-order valence-corrected chi connectivity index (χ0v) is 8.83. The molecule has 0 spiro atoms. The van der Waals surface area contributed by atoms with E-state index in [4.69, 9.17) is 4.74 Å². The minimum absolute atomic E-state index is 0.0123. The van der Waals surface area contributed by atoms with Crippen LogP contribution in [0.2, 0.25) is 0 Å². The number of carbonyl (C=O) groups is 1. The summed E-state index contributed by atoms with van der Waals surface area (Å²) in [6.07, 6.45) is 0.724. The molecule has 4 heteroatoms. The van der Waals surface area contributed by atoms with Gasteiger partial charge in [-0.15, -0.1) is 0 Å². The van der Waals surface area contributed by atoms with Gasteiger partial charge in [0.05, 0.1) is 13.2 Å². The molecule has 1 aliphatic rings. The Hall–Kier alpha value is -1.55. The Morgan fingerprint density at radius 2 is 2.33 bits per heavy atom. The molecule has 0 bridgehead atoms. The second kappa shape index (κ2) is 3.90. The number of benzene rings is 1. The molecule has 4 nitrogen and oxygen atoms in total. The highest BCUT2D eigenvalue weighted by atomic mass is 16.5. The second-order valence-corrected chi connectivity index (χ2v) is 3.56. The van der Waals surface area contributed by atoms with Gasteiger partial charge in [0.15, 0.2) is 0 Å². The van der Waals surface area contributed by atoms with Gasteiger partial charge in [0.25, 0.3) is 0 Å². The van der Waals surface area contributed by atoms with Crippen LogP contribution in [0, 0.1) is 0 Å². The van der Waals surface area contributed by atoms with Crippen LogP contribution in [0.4, 0.5) is 5.69 Å². The third-order valence-corrected chi connectivity index (χ3v) is 2.66. The number of hydrogen-bond acceptors (Lipinski definition) is 3. The van der Waals surface area contributed by atoms with Crippen molar-refractivity contribution in [2.45, 2.75) is 12.5 Å². The lowest BCUT2D eigenvalue weighted by Crippen LogP contribution is -2.43. The van der Waals surface area contributed by atoms with E-state index in [1.807, 2.05) is 18.2 Å². The van der Waals surface area contributed by atoms with E-state index in [-0.39, 0.29) is 11.9 Å². The fourth-order valence-corrected chi connectivity index (χ4v) is 1.74. The van der Waals surface area contributed by atoms with Crippen molar-refractivity contribution in [1.82, 2.24) is 5.32 Å². The van der Waals surface area contributed by atoms with Crippen LogP contribution in [0.5, 0.6) is 5.75 Å². The monoisotopic (exact) mass is 206 g/mol. The normalized spacial score (nSPS) is 19.3. The number of methoxy groups -OCH3 is 1. The predicted molar refractivity (Wildman–Crippen MR) is 58.2 cm³/mol. The Balaban J connectivity index is 2.32. The zero-order chi connectivity index (χ0) is 10.8. The lowest BCUT2D eigenvalue weighted by molar-refractivity contribution is -0.118. The predicted octanol–water partition coefficient (Wildman–Crippen LogP) is 0.778. The molecule has 15 heavy (non-hydrogen) atoms. The molecular weight excluding hydrogens is 192 g/mol. The van der Waals surface area contributed by atoms with E-state index in [1.54, 1.807) is 14.2 Å². The molecule has 1 atom stereocenters. The van der Waals surface area contributed by atoms with Crippen LogP contribution in [-0.4, -0.2) is 26.1 Å². The average Bonchev–Trinajstić information content (AvgIpc) is 2.27. The van der Waals surface area contributed by atoms with E-state index in [9.17, 15) is 4.79 Å². The van der Waals surface area contributed by atoms with Crippen LogP contribution in [0.1, 0.15) is 5.56 Å². The van der Waals surface area contributed by atoms with Gasteiger partial charge < -0.3 is 15.4 Å². The first kappa shape index (κ1) is 9.98. The van der Waals surface area contributed by atoms with E-state index in [2.05, 4.69) is 10.6 Å². The van der Waals surface area contributed by atoms with Crippen molar-refractivity contribution in [2.24, 2.45) is 0 Å². The smallest absolute Gasteiger partial charge is 0.241 e. The molecular formula is C11H14N2O2. The van der Waals surface area contributed by atoms with E-state index in [1.165, 1.54) is 0 Å². The third-order valence-electron chi connectivity index (χ3n) is 2.66. The first-order valence-electron chi connectivity index (χ1n) is 4.89. The zero-order valence-electron chi connectivity index (χ0n) is 8.83. The number of ether oxygens (including phenoxy) is 1. The Morgan fingerprint density at radius 3 is 3.00 bits per heavy atom. The third kappa shape index (κ3) is 1.80. The summed E-state index contributed by atoms with van der Waals surface area (Å²) in [5.74, 6) is 0.773. The molecule has 1 aliphatic heterocycles. The molecule has 1 amide bonds. The van der Waals surface area contributed by atoms with E-state index in [0.29, 0.717) is 0 Å². The number of carbonyl (C=O) groups excluding carboxylic acids is 1. The van der Waals surface area contributed by atoms with Gasteiger partial charge >= 0.3 is 0 Å². The highest BCUT2D eigenvalue weighted by Gasteiger charge is 2.24. The Bertz CT molecular complexity index is 390. The number of amides is 1. The van der Waals surface area contributed by atoms with Crippen molar-refractivity contribution in [3.8, 4) is 5.75 Å². The van der Waals surface area contributed by atoms with Gasteiger partial charge in [-0.1, -0.05) is 6.07 Å². The average molecular weight is 206 g/mol. The van der Waals surface area contributed by atoms with Gasteiger partial charge in [-0.2, -0.15) is 0 Å². The van der Waals surface area contributed by atoms with Crippen molar-refractivity contribution >= 4 is 11.6 Å². The number of fused-ring (bicyclic) bond motifs is 1. The standard InChI is InChI=1S/C11H14N2O2/c1-12-10-5-7-3-4-8(15-2)6-9(7)13-11(10)14/h3-4,6,10,12H,5H2,1-2H3,(H,13,14). The molecule has 0 fully saturated rings. The Morgan fingerprint density at radius 1 is 1.53 bits per heavy atom. The molecule has 80 valence electrons. The topological polar surface area (TPSA) is 50.4 Å². The first-order valence-corrected chi connectivity index (χ1v) is 4.89. The molecule has 2 rings (SSSR count). The number of hydrogen-bond donors (Lipinski definition) is 2. The maximum Gasteiger partial charge on any atom is 0.241 e. The minimum Gasteiger partial charge on any atom is -0.497 e. The summed E-state index contributed by atoms with van der Waals surface area (Å²) < 4.78 is 5.10. The lowest BCUT2D eigenvalue weighted by atomic mass is 9.99. The second-order valence-electron chi connectivity index (χ2n) is 3.56. The van der Waals surface area contributed by atoms with E-state index >= 15 is 0 Å². The highest BCUT2D eigenvalue weighted by Crippen LogP contribution is 2.26. The van der Waals surface area contributed by atoms with Gasteiger partial charge in [-0.05, 0) is 25.1 Å². The van der Waals surface area contributed by atoms with Crippen LogP contribution in [0.15, 0.2) is 18.2 Å². The quantitative estimate of drug-likeness (QED) is 0.751. The Kier molecular flexibility index (Phi) is 2.60. The SMILES string of the molecule is CNC1Cc2ccc(OC)cc2NC1=O. The summed E-state index contributed by atoms with van der Waals surface area (Å²) in [7, 11) is 3.40. The fourth-order valence-electron chi connectivity index (χ4n) is 1.74. The van der Waals surface area contributed by atoms with Crippen LogP contribution in [0.3, 0.4) is 0 Å². The highest BCUT2D eigenvalue weighted by molar-refractivity contribution is 5.98. The summed E-state index contributed by atoms with van der Waals surface area (Å²) in [5, 5.41) is 5.83. The minimum atomic E-state index is -0.133. The van der Waals surface area contributed by atoms with Crippen molar-refractivity contribution in [2.75, 3.05) is 19.5 Å². The van der Waals surface area contributed by atoms with Gasteiger partial charge in [0.2, 0.25) is 5.91 Å². The number of anilines is 1. The maximum atomic E-state index is 11.6. The number of rotatable bonds is 2. The van der Waals surface area contributed by atoms with Crippen molar-refractivity contribution in [3.63, 3.8) is 0 Å². The summed E-state index contributed by atoms with van der Waals surface area (Å²) in [4.78, 5) is 11.6. The van der Waals surface area contributed by atoms with Gasteiger partial charge in [-0.25, -0.2) is 0 Å². The van der Waals surface area contributed by atoms with Crippen LogP contribution < -0.4 is 15.4 Å². The molecule has 1 aromatic rings. The van der Waals surface area contributed by atoms with Gasteiger partial charge in [0.1, 0.15) is 5.75 Å². The van der Waals surface area contributed by atoms with Crippen LogP contribution >= 0.6 is 0 Å². The summed E-state index contributed by atoms with van der Waals surface area (Å²) in [6.45, 7) is 0. The largest absolute Gasteiger partial charge is 0.497 e. The fraction of sp³-hybridized carbons (Fsp3) is 0.364. The van der Waals surface area contributed by atoms with Crippen molar-refractivity contribution in [1.29, 1.82) is 0 Å². The summed E-state index contributed by atoms with van der Waals surface area (Å²) in [5.41, 5.74) is 1.99. The van der Waals surface area contributed by atoms with Crippen LogP contribution in [-0.2, 0) is 11.2 Å². The molecule has 0 aromatic heterocycles. The molecule has 1 aromatic carbocycles. The van der Waals surface area contributed by atoms with Gasteiger partial charge in [-0.3, -0.25) is 4.79 Å². The van der Waals surface area contributed by atoms with E-state index in [0.717, 1.165) is 23.4 Å².